The van der Waals surface area contributed by atoms with Crippen LogP contribution in [0.15, 0.2) is 91.4 Å². The molecule has 102 heavy (non-hydrogen) atoms. The minimum Gasteiger partial charge on any atom is -0.370 e. The number of nitrogens with two attached hydrogens (primary N) is 6. The van der Waals surface area contributed by atoms with Crippen LogP contribution in [0.25, 0.3) is 32.7 Å². The van der Waals surface area contributed by atoms with Gasteiger partial charge in [-0.05, 0) is 107 Å². The van der Waals surface area contributed by atoms with E-state index in [4.69, 9.17) is 56.0 Å². The van der Waals surface area contributed by atoms with E-state index >= 15 is 4.79 Å². The van der Waals surface area contributed by atoms with E-state index in [2.05, 4.69) is 84.1 Å². The number of rotatable bonds is 41. The summed E-state index contributed by atoms with van der Waals surface area (Å²) in [5.74, 6) is -9.70. The molecule has 0 saturated carbocycles. The zero-order valence-electron chi connectivity index (χ0n) is 57.1. The lowest BCUT2D eigenvalue weighted by Crippen LogP contribution is -2.60. The third-order valence-corrected chi connectivity index (χ3v) is 16.7. The first-order valence-electron chi connectivity index (χ1n) is 33.3. The van der Waals surface area contributed by atoms with Gasteiger partial charge in [0, 0.05) is 96.7 Å². The van der Waals surface area contributed by atoms with Gasteiger partial charge in [-0.3, -0.25) is 69.6 Å². The van der Waals surface area contributed by atoms with Crippen LogP contribution in [0, 0.1) is 21.6 Å². The van der Waals surface area contributed by atoms with Crippen LogP contribution in [0.5, 0.6) is 0 Å². The second-order valence-electron chi connectivity index (χ2n) is 24.7. The van der Waals surface area contributed by atoms with E-state index in [1.807, 2.05) is 42.5 Å². The van der Waals surface area contributed by atoms with Gasteiger partial charge in [-0.2, -0.15) is 0 Å². The molecule has 32 N–H and O–H groups in total. The van der Waals surface area contributed by atoms with E-state index in [0.29, 0.717) is 44.9 Å². The number of benzene rings is 3. The fourth-order valence-corrected chi connectivity index (χ4v) is 11.1. The fourth-order valence-electron chi connectivity index (χ4n) is 11.1. The monoisotopic (exact) mass is 1410 g/mol. The third-order valence-electron chi connectivity index (χ3n) is 16.7. The summed E-state index contributed by atoms with van der Waals surface area (Å²) in [6.45, 7) is 4.47. The minimum absolute atomic E-state index is 0.0426. The lowest BCUT2D eigenvalue weighted by molar-refractivity contribution is -0.136. The van der Waals surface area contributed by atoms with E-state index in [1.54, 1.807) is 48.9 Å². The van der Waals surface area contributed by atoms with Crippen molar-refractivity contribution in [3.8, 4) is 0 Å². The van der Waals surface area contributed by atoms with E-state index in [9.17, 15) is 43.2 Å². The molecule has 36 nitrogen and oxygen atoms in total. The Labute approximate surface area is 587 Å². The molecule has 550 valence electrons. The van der Waals surface area contributed by atoms with E-state index in [1.165, 1.54) is 20.8 Å². The maximum Gasteiger partial charge on any atom is 0.243 e. The molecule has 0 bridgehead atoms. The maximum absolute atomic E-state index is 15.2. The van der Waals surface area contributed by atoms with Gasteiger partial charge in [0.25, 0.3) is 0 Å². The number of hydrogen-bond acceptors (Lipinski definition) is 15. The lowest BCUT2D eigenvalue weighted by Gasteiger charge is -2.28. The number of H-pyrrole nitrogens is 3. The molecular weight excluding hydrogens is 1320 g/mol. The molecule has 3 heterocycles. The Morgan fingerprint density at radius 1 is 0.343 bits per heavy atom. The Kier molecular flexibility index (Phi) is 30.2. The molecule has 0 aliphatic rings. The smallest absolute Gasteiger partial charge is 0.243 e. The van der Waals surface area contributed by atoms with E-state index in [0.717, 1.165) is 10.9 Å². The van der Waals surface area contributed by atoms with Crippen molar-refractivity contribution < 1.29 is 47.9 Å². The van der Waals surface area contributed by atoms with Gasteiger partial charge >= 0.3 is 0 Å². The average Bonchev–Trinajstić information content (AvgIpc) is 1.67. The van der Waals surface area contributed by atoms with Crippen LogP contribution in [0.2, 0.25) is 0 Å². The highest BCUT2D eigenvalue weighted by Crippen LogP contribution is 2.23. The molecule has 3 aromatic heterocycles. The predicted octanol–water partition coefficient (Wildman–Crippen LogP) is -3.55. The first-order valence-corrected chi connectivity index (χ1v) is 33.3. The zero-order chi connectivity index (χ0) is 74.6. The first kappa shape index (κ1) is 79.0. The van der Waals surface area contributed by atoms with Gasteiger partial charge in [0.05, 0.1) is 6.04 Å². The summed E-state index contributed by atoms with van der Waals surface area (Å²) in [5, 5.41) is 67.4. The van der Waals surface area contributed by atoms with Crippen molar-refractivity contribution in [2.24, 2.45) is 34.4 Å². The number of para-hydroxylation sites is 3. The number of fused-ring (bicyclic) bond motifs is 3. The molecule has 0 spiro atoms. The second-order valence-corrected chi connectivity index (χ2v) is 24.7. The highest BCUT2D eigenvalue weighted by molar-refractivity contribution is 6.00. The van der Waals surface area contributed by atoms with Crippen molar-refractivity contribution in [2.75, 3.05) is 26.2 Å². The van der Waals surface area contributed by atoms with Crippen LogP contribution in [0.4, 0.5) is 0 Å². The number of carbonyl (C=O) groups excluding carboxylic acids is 10. The quantitative estimate of drug-likeness (QED) is 0.0100. The number of primary amides is 1. The Balaban J connectivity index is 1.27. The molecule has 0 saturated heterocycles. The van der Waals surface area contributed by atoms with Crippen LogP contribution in [0.3, 0.4) is 0 Å². The van der Waals surface area contributed by atoms with Gasteiger partial charge in [0.2, 0.25) is 59.1 Å². The minimum atomic E-state index is -1.48. The molecule has 36 heteroatoms. The summed E-state index contributed by atoms with van der Waals surface area (Å²) in [7, 11) is 0. The molecule has 0 fully saturated rings. The van der Waals surface area contributed by atoms with Crippen molar-refractivity contribution in [3.05, 3.63) is 108 Å². The standard InChI is InChI=1S/C66H96N26O10/c1-34(53(68)93)84-54(94)35(2)85-58(98)48(22-12-26-79-65(73)74)88-60(100)50(28-37-31-81-44-18-7-4-14-40(37)44)90-55(95)36(3)86-57(97)47(21-11-25-78-64(71)72)87-59(99)49(23-13-27-80-66(75)76)89-61(101)52(30-39-33-83-46-20-9-6-16-42(39)46)92-62(102)51(29-38-32-82-45-19-8-5-15-41(38)45)91-56(96)43(67)17-10-24-77-63(69)70/h4-9,14-16,18-20,31-36,43,47-52,81-83H,10-13,17,21-30,67H2,1-3H3,(H2,68,93)(H,84,94)(H,85,98)(H,86,97)(H,87,99)(H,88,100)(H,89,101)(H,90,95)(H,91,96)(H,92,102)(H4,69,70,77)(H4,71,72,78)(H4,73,74,79)(H4,75,76,80)/t34-,35-,36-,43-,47-,48-,49-,50-,51-,52-/m0/s1. The number of amides is 10. The van der Waals surface area contributed by atoms with Gasteiger partial charge in [-0.1, -0.05) is 54.6 Å². The van der Waals surface area contributed by atoms with Crippen molar-refractivity contribution >= 4 is 116 Å². The summed E-state index contributed by atoms with van der Waals surface area (Å²) < 4.78 is 0. The average molecular weight is 1410 g/mol. The molecule has 0 aliphatic heterocycles. The number of aromatic nitrogens is 3. The largest absolute Gasteiger partial charge is 0.370 e. The van der Waals surface area contributed by atoms with Gasteiger partial charge < -0.3 is 118 Å². The fraction of sp³-hybridized carbons (Fsp3) is 0.424. The molecule has 0 unspecified atom stereocenters. The molecule has 0 radical (unpaired) electrons. The van der Waals surface area contributed by atoms with Gasteiger partial charge in [0.1, 0.15) is 54.4 Å². The van der Waals surface area contributed by atoms with Crippen molar-refractivity contribution in [1.82, 2.24) is 84.1 Å². The van der Waals surface area contributed by atoms with Crippen molar-refractivity contribution in [1.29, 1.82) is 21.6 Å². The number of guanidine groups is 4. The van der Waals surface area contributed by atoms with Gasteiger partial charge in [-0.15, -0.1) is 0 Å². The van der Waals surface area contributed by atoms with Crippen LogP contribution < -0.4 is 104 Å². The molecule has 6 aromatic rings. The van der Waals surface area contributed by atoms with Crippen LogP contribution in [0.1, 0.15) is 88.8 Å². The predicted molar refractivity (Wildman–Crippen MR) is 384 cm³/mol. The first-order chi connectivity index (χ1) is 48.6. The number of aromatic amines is 3. The summed E-state index contributed by atoms with van der Waals surface area (Å²) in [6.07, 6.45) is 5.09. The third kappa shape index (κ3) is 24.8. The second kappa shape index (κ2) is 39.0. The van der Waals surface area contributed by atoms with Crippen molar-refractivity contribution in [2.45, 2.75) is 152 Å². The van der Waals surface area contributed by atoms with E-state index < -0.39 is 119 Å². The molecular formula is C66H96N26O10. The Morgan fingerprint density at radius 3 is 0.922 bits per heavy atom. The topological polar surface area (TPSA) is 626 Å². The molecule has 3 aromatic carbocycles. The SMILES string of the molecule is C[C@H](NC(=O)[C@H](C)NC(=O)[C@H](CCCNC(=N)N)NC(=O)[C@H](Cc1c[nH]c2ccccc12)NC(=O)[C@H](C)NC(=O)[C@H](CCCNC(=N)N)NC(=O)[C@H](CCCNC(=N)N)NC(=O)[C@H](Cc1c[nH]c2ccccc12)NC(=O)[C@H](Cc1c[nH]c2ccccc12)NC(=O)[C@@H](N)CCCNC(=N)N)C(N)=O. The highest BCUT2D eigenvalue weighted by atomic mass is 16.2. The van der Waals surface area contributed by atoms with Crippen LogP contribution in [-0.2, 0) is 67.2 Å². The Morgan fingerprint density at radius 2 is 0.598 bits per heavy atom. The molecule has 0 aliphatic carbocycles. The zero-order valence-corrected chi connectivity index (χ0v) is 57.1. The summed E-state index contributed by atoms with van der Waals surface area (Å²) >= 11 is 0. The van der Waals surface area contributed by atoms with Gasteiger partial charge in [0.15, 0.2) is 23.8 Å². The summed E-state index contributed by atoms with van der Waals surface area (Å²) in [5.41, 5.74) is 37.8. The molecule has 10 amide bonds. The summed E-state index contributed by atoms with van der Waals surface area (Å²) in [6, 6.07) is 8.26. The van der Waals surface area contributed by atoms with E-state index in [-0.39, 0.29) is 114 Å². The number of hydrogen-bond donors (Lipinski definition) is 26. The number of carbonyl (C=O) groups is 10. The Hall–Kier alpha value is -12.0. The van der Waals surface area contributed by atoms with Crippen molar-refractivity contribution in [3.63, 3.8) is 0 Å². The lowest BCUT2D eigenvalue weighted by atomic mass is 10.0. The Bertz CT molecular complexity index is 3960. The number of nitrogens with one attached hydrogen (secondary N) is 20. The highest BCUT2D eigenvalue weighted by Gasteiger charge is 2.36. The maximum atomic E-state index is 15.2. The molecule has 10 atom stereocenters. The van der Waals surface area contributed by atoms with Crippen LogP contribution >= 0.6 is 0 Å². The van der Waals surface area contributed by atoms with Gasteiger partial charge in [-0.25, -0.2) is 0 Å². The molecule has 6 rings (SSSR count). The summed E-state index contributed by atoms with van der Waals surface area (Å²) in [4.78, 5) is 151. The van der Waals surface area contributed by atoms with Crippen LogP contribution in [-0.4, -0.2) is 184 Å². The normalized spacial score (nSPS) is 14.0.